The van der Waals surface area contributed by atoms with E-state index in [-0.39, 0.29) is 0 Å². The summed E-state index contributed by atoms with van der Waals surface area (Å²) < 4.78 is 79.3. The molecule has 0 saturated heterocycles. The molecule has 0 aliphatic carbocycles. The minimum atomic E-state index is -6.33. The molecule has 0 fully saturated rings. The van der Waals surface area contributed by atoms with Crippen molar-refractivity contribution in [3.05, 3.63) is 0 Å². The fourth-order valence-electron chi connectivity index (χ4n) is 0.276. The molecule has 0 unspecified atom stereocenters. The highest BCUT2D eigenvalue weighted by Crippen LogP contribution is 2.44. The maximum atomic E-state index is 11.9. The first-order chi connectivity index (χ1) is 5.06. The highest BCUT2D eigenvalue weighted by molar-refractivity contribution is 5.66. The van der Waals surface area contributed by atoms with Gasteiger partial charge in [-0.2, -0.15) is 26.3 Å². The first-order valence-corrected chi connectivity index (χ1v) is 2.28. The van der Waals surface area contributed by atoms with Gasteiger partial charge in [-0.3, -0.25) is 4.79 Å². The molecule has 12 heavy (non-hydrogen) atoms. The van der Waals surface area contributed by atoms with Crippen LogP contribution in [0.2, 0.25) is 0 Å². The zero-order chi connectivity index (χ0) is 10.2. The van der Waals surface area contributed by atoms with E-state index in [0.29, 0.717) is 0 Å². The lowest BCUT2D eigenvalue weighted by atomic mass is 10.1. The van der Waals surface area contributed by atoms with E-state index in [4.69, 9.17) is 0 Å². The summed E-state index contributed by atoms with van der Waals surface area (Å²) in [5, 5.41) is 0. The Balaban J connectivity index is 5.09. The monoisotopic (exact) mass is 197 g/mol. The summed E-state index contributed by atoms with van der Waals surface area (Å²) in [6, 6.07) is 0. The first-order valence-electron chi connectivity index (χ1n) is 2.28. The SMILES string of the molecule is O=[C]C(F)(C(F)(F)F)C(F)(F)F. The van der Waals surface area contributed by atoms with Gasteiger partial charge in [0, 0.05) is 0 Å². The van der Waals surface area contributed by atoms with Crippen LogP contribution in [0.3, 0.4) is 0 Å². The predicted octanol–water partition coefficient (Wildman–Crippen LogP) is 1.93. The maximum absolute atomic E-state index is 11.9. The third-order valence-electron chi connectivity index (χ3n) is 0.922. The predicted molar refractivity (Wildman–Crippen MR) is 21.6 cm³/mol. The van der Waals surface area contributed by atoms with Gasteiger partial charge in [-0.15, -0.1) is 0 Å². The largest absolute Gasteiger partial charge is 0.439 e. The Morgan fingerprint density at radius 1 is 0.750 bits per heavy atom. The second-order valence-corrected chi connectivity index (χ2v) is 1.76. The van der Waals surface area contributed by atoms with Gasteiger partial charge in [0.1, 0.15) is 0 Å². The van der Waals surface area contributed by atoms with Gasteiger partial charge < -0.3 is 0 Å². The molecular formula is C4F7O. The van der Waals surface area contributed by atoms with Crippen LogP contribution in [0.1, 0.15) is 0 Å². The van der Waals surface area contributed by atoms with Gasteiger partial charge in [-0.25, -0.2) is 4.39 Å². The number of rotatable bonds is 1. The summed E-state index contributed by atoms with van der Waals surface area (Å²) in [4.78, 5) is 9.18. The normalized spacial score (nSPS) is 14.6. The summed E-state index contributed by atoms with van der Waals surface area (Å²) in [6.07, 6.45) is -13.4. The Morgan fingerprint density at radius 3 is 1.00 bits per heavy atom. The molecule has 0 aliphatic rings. The third kappa shape index (κ3) is 1.51. The maximum Gasteiger partial charge on any atom is 0.439 e. The molecule has 0 rings (SSSR count). The number of hydrogen-bond acceptors (Lipinski definition) is 1. The molecule has 8 heteroatoms. The Bertz CT molecular complexity index is 163. The fourth-order valence-corrected chi connectivity index (χ4v) is 0.276. The van der Waals surface area contributed by atoms with E-state index in [9.17, 15) is 35.5 Å². The zero-order valence-electron chi connectivity index (χ0n) is 5.05. The molecular weight excluding hydrogens is 197 g/mol. The summed E-state index contributed by atoms with van der Waals surface area (Å²) in [7, 11) is 0. The van der Waals surface area contributed by atoms with Crippen LogP contribution in [0.4, 0.5) is 30.7 Å². The van der Waals surface area contributed by atoms with Crippen LogP contribution in [0, 0.1) is 0 Å². The molecule has 1 radical (unpaired) electrons. The molecule has 0 aromatic carbocycles. The minimum absolute atomic E-state index is 0.708. The fraction of sp³-hybridized carbons (Fsp3) is 0.750. The molecule has 1 nitrogen and oxygen atoms in total. The zero-order valence-corrected chi connectivity index (χ0v) is 5.05. The van der Waals surface area contributed by atoms with Crippen LogP contribution >= 0.6 is 0 Å². The quantitative estimate of drug-likeness (QED) is 0.587. The van der Waals surface area contributed by atoms with Crippen LogP contribution in [0.5, 0.6) is 0 Å². The van der Waals surface area contributed by atoms with Gasteiger partial charge in [0.2, 0.25) is 0 Å². The summed E-state index contributed by atoms with van der Waals surface area (Å²) >= 11 is 0. The number of hydrogen-bond donors (Lipinski definition) is 0. The van der Waals surface area contributed by atoms with Crippen molar-refractivity contribution in [2.45, 2.75) is 18.0 Å². The van der Waals surface area contributed by atoms with E-state index >= 15 is 0 Å². The van der Waals surface area contributed by atoms with Crippen molar-refractivity contribution in [3.8, 4) is 0 Å². The van der Waals surface area contributed by atoms with Gasteiger partial charge in [0.15, 0.2) is 0 Å². The van der Waals surface area contributed by atoms with Crippen molar-refractivity contribution in [2.75, 3.05) is 0 Å². The van der Waals surface area contributed by atoms with Crippen LogP contribution < -0.4 is 0 Å². The van der Waals surface area contributed by atoms with E-state index < -0.39 is 24.3 Å². The van der Waals surface area contributed by atoms with Gasteiger partial charge in [0.05, 0.1) is 0 Å². The molecule has 0 aromatic rings. The lowest BCUT2D eigenvalue weighted by molar-refractivity contribution is -0.312. The average molecular weight is 197 g/mol. The van der Waals surface area contributed by atoms with E-state index in [1.165, 1.54) is 0 Å². The van der Waals surface area contributed by atoms with E-state index in [1.807, 2.05) is 0 Å². The van der Waals surface area contributed by atoms with E-state index in [1.54, 1.807) is 0 Å². The topological polar surface area (TPSA) is 17.1 Å². The first kappa shape index (κ1) is 11.2. The molecule has 0 spiro atoms. The second-order valence-electron chi connectivity index (χ2n) is 1.76. The molecule has 0 aromatic heterocycles. The Kier molecular flexibility index (Phi) is 2.42. The van der Waals surface area contributed by atoms with Gasteiger partial charge in [0.25, 0.3) is 6.29 Å². The molecule has 0 amide bonds. The molecule has 0 saturated carbocycles. The van der Waals surface area contributed by atoms with Crippen LogP contribution in [0.15, 0.2) is 0 Å². The van der Waals surface area contributed by atoms with Crippen molar-refractivity contribution in [3.63, 3.8) is 0 Å². The lowest BCUT2D eigenvalue weighted by Crippen LogP contribution is -2.54. The van der Waals surface area contributed by atoms with Crippen molar-refractivity contribution in [2.24, 2.45) is 0 Å². The number of halogens is 7. The summed E-state index contributed by atoms with van der Waals surface area (Å²) in [5.74, 6) is 0. The van der Waals surface area contributed by atoms with Crippen LogP contribution in [-0.2, 0) is 4.79 Å². The third-order valence-corrected chi connectivity index (χ3v) is 0.922. The molecule has 0 aliphatic heterocycles. The molecule has 0 bridgehead atoms. The van der Waals surface area contributed by atoms with Gasteiger partial charge in [-0.05, 0) is 0 Å². The van der Waals surface area contributed by atoms with Crippen molar-refractivity contribution in [1.82, 2.24) is 0 Å². The highest BCUT2D eigenvalue weighted by Gasteiger charge is 2.74. The Labute approximate surface area is 61.2 Å². The standard InChI is InChI=1S/C4F7O/c5-2(1-12,3(6,7)8)4(9,10)11. The van der Waals surface area contributed by atoms with E-state index in [2.05, 4.69) is 0 Å². The van der Waals surface area contributed by atoms with Crippen LogP contribution in [0.25, 0.3) is 0 Å². The molecule has 0 N–H and O–H groups in total. The summed E-state index contributed by atoms with van der Waals surface area (Å²) in [6.45, 7) is 0. The average Bonchev–Trinajstić information content (AvgIpc) is 1.81. The molecule has 0 atom stereocenters. The highest BCUT2D eigenvalue weighted by atomic mass is 19.4. The lowest BCUT2D eigenvalue weighted by Gasteiger charge is -2.23. The van der Waals surface area contributed by atoms with Crippen molar-refractivity contribution >= 4 is 6.29 Å². The Hall–Kier alpha value is -0.820. The van der Waals surface area contributed by atoms with Gasteiger partial charge >= 0.3 is 18.0 Å². The summed E-state index contributed by atoms with van der Waals surface area (Å²) in [5.41, 5.74) is -5.89. The van der Waals surface area contributed by atoms with Crippen LogP contribution in [-0.4, -0.2) is 24.3 Å². The minimum Gasteiger partial charge on any atom is -0.286 e. The Morgan fingerprint density at radius 2 is 1.00 bits per heavy atom. The molecule has 0 heterocycles. The smallest absolute Gasteiger partial charge is 0.286 e. The molecule has 71 valence electrons. The van der Waals surface area contributed by atoms with Crippen molar-refractivity contribution in [1.29, 1.82) is 0 Å². The van der Waals surface area contributed by atoms with E-state index in [0.717, 1.165) is 0 Å². The van der Waals surface area contributed by atoms with Gasteiger partial charge in [-0.1, -0.05) is 0 Å². The second kappa shape index (κ2) is 2.60. The van der Waals surface area contributed by atoms with Crippen molar-refractivity contribution < 1.29 is 35.5 Å². The number of carbonyl (C=O) groups excluding carboxylic acids is 1. The number of alkyl halides is 7.